The Morgan fingerprint density at radius 3 is 2.92 bits per heavy atom. The molecule has 2 N–H and O–H groups in total. The monoisotopic (exact) mass is 189 g/mol. The van der Waals surface area contributed by atoms with Crippen LogP contribution in [0.5, 0.6) is 0 Å². The summed E-state index contributed by atoms with van der Waals surface area (Å²) in [4.78, 5) is 0. The van der Waals surface area contributed by atoms with Gasteiger partial charge in [0.05, 0.1) is 12.6 Å². The van der Waals surface area contributed by atoms with Crippen LogP contribution in [0.25, 0.3) is 0 Å². The molecule has 1 heterocycles. The van der Waals surface area contributed by atoms with Gasteiger partial charge in [0.25, 0.3) is 0 Å². The molecule has 1 unspecified atom stereocenters. The minimum Gasteiger partial charge on any atom is -0.382 e. The second kappa shape index (κ2) is 3.78. The SMILES string of the molecule is COCC(C)n1cc(Cl)c(N)n1. The largest absolute Gasteiger partial charge is 0.382 e. The van der Waals surface area contributed by atoms with Crippen LogP contribution in [-0.4, -0.2) is 23.5 Å². The fourth-order valence-corrected chi connectivity index (χ4v) is 1.06. The molecule has 1 aromatic rings. The highest BCUT2D eigenvalue weighted by Crippen LogP contribution is 2.18. The zero-order valence-corrected chi connectivity index (χ0v) is 7.88. The molecule has 0 bridgehead atoms. The summed E-state index contributed by atoms with van der Waals surface area (Å²) in [6.45, 7) is 2.57. The first kappa shape index (κ1) is 9.35. The van der Waals surface area contributed by atoms with E-state index >= 15 is 0 Å². The van der Waals surface area contributed by atoms with Crippen molar-refractivity contribution in [3.63, 3.8) is 0 Å². The van der Waals surface area contributed by atoms with E-state index in [0.29, 0.717) is 17.4 Å². The maximum atomic E-state index is 5.72. The molecule has 1 atom stereocenters. The predicted octanol–water partition coefficient (Wildman–Crippen LogP) is 1.33. The van der Waals surface area contributed by atoms with E-state index in [1.54, 1.807) is 18.0 Å². The summed E-state index contributed by atoms with van der Waals surface area (Å²) in [7, 11) is 1.64. The van der Waals surface area contributed by atoms with Gasteiger partial charge in [-0.25, -0.2) is 0 Å². The average molecular weight is 190 g/mol. The van der Waals surface area contributed by atoms with Gasteiger partial charge >= 0.3 is 0 Å². The van der Waals surface area contributed by atoms with E-state index in [-0.39, 0.29) is 6.04 Å². The van der Waals surface area contributed by atoms with Gasteiger partial charge in [-0.3, -0.25) is 4.68 Å². The molecule has 0 aliphatic heterocycles. The van der Waals surface area contributed by atoms with Gasteiger partial charge in [-0.2, -0.15) is 5.10 Å². The number of nitrogens with two attached hydrogens (primary N) is 1. The van der Waals surface area contributed by atoms with Crippen molar-refractivity contribution in [2.45, 2.75) is 13.0 Å². The quantitative estimate of drug-likeness (QED) is 0.781. The van der Waals surface area contributed by atoms with E-state index in [9.17, 15) is 0 Å². The van der Waals surface area contributed by atoms with Crippen molar-refractivity contribution < 1.29 is 4.74 Å². The van der Waals surface area contributed by atoms with E-state index in [1.165, 1.54) is 0 Å². The second-order valence-corrected chi connectivity index (χ2v) is 3.05. The highest BCUT2D eigenvalue weighted by Gasteiger charge is 2.08. The van der Waals surface area contributed by atoms with E-state index in [2.05, 4.69) is 5.10 Å². The number of rotatable bonds is 3. The molecule has 4 nitrogen and oxygen atoms in total. The third kappa shape index (κ3) is 1.89. The van der Waals surface area contributed by atoms with Crippen LogP contribution in [0, 0.1) is 0 Å². The summed E-state index contributed by atoms with van der Waals surface area (Å²) in [5.74, 6) is 0.361. The average Bonchev–Trinajstić information content (AvgIpc) is 2.33. The smallest absolute Gasteiger partial charge is 0.164 e. The van der Waals surface area contributed by atoms with Crippen molar-refractivity contribution in [2.75, 3.05) is 19.5 Å². The molecule has 0 aliphatic carbocycles. The van der Waals surface area contributed by atoms with Crippen LogP contribution in [0.4, 0.5) is 5.82 Å². The molecular formula is C7H12ClN3O. The highest BCUT2D eigenvalue weighted by atomic mass is 35.5. The van der Waals surface area contributed by atoms with Crippen LogP contribution >= 0.6 is 11.6 Å². The molecule has 0 fully saturated rings. The lowest BCUT2D eigenvalue weighted by atomic mass is 10.4. The van der Waals surface area contributed by atoms with E-state index in [4.69, 9.17) is 22.1 Å². The lowest BCUT2D eigenvalue weighted by Gasteiger charge is -2.09. The molecule has 1 aromatic heterocycles. The minimum absolute atomic E-state index is 0.157. The Balaban J connectivity index is 2.74. The Labute approximate surface area is 76.3 Å². The van der Waals surface area contributed by atoms with Crippen molar-refractivity contribution in [2.24, 2.45) is 0 Å². The molecule has 12 heavy (non-hydrogen) atoms. The summed E-state index contributed by atoms with van der Waals surface area (Å²) < 4.78 is 6.66. The zero-order chi connectivity index (χ0) is 9.14. The molecule has 0 saturated heterocycles. The first-order chi connectivity index (χ1) is 5.65. The van der Waals surface area contributed by atoms with Crippen LogP contribution < -0.4 is 5.73 Å². The summed E-state index contributed by atoms with van der Waals surface area (Å²) in [5.41, 5.74) is 5.47. The van der Waals surface area contributed by atoms with E-state index < -0.39 is 0 Å². The van der Waals surface area contributed by atoms with Gasteiger partial charge in [-0.05, 0) is 6.92 Å². The van der Waals surface area contributed by atoms with Crippen molar-refractivity contribution in [1.82, 2.24) is 9.78 Å². The number of nitrogen functional groups attached to an aromatic ring is 1. The lowest BCUT2D eigenvalue weighted by molar-refractivity contribution is 0.157. The van der Waals surface area contributed by atoms with E-state index in [1.807, 2.05) is 6.92 Å². The maximum absolute atomic E-state index is 5.72. The number of aromatic nitrogens is 2. The van der Waals surface area contributed by atoms with Crippen LogP contribution in [0.3, 0.4) is 0 Å². The molecule has 0 radical (unpaired) electrons. The van der Waals surface area contributed by atoms with Crippen molar-refractivity contribution in [3.05, 3.63) is 11.2 Å². The number of methoxy groups -OCH3 is 1. The molecule has 1 rings (SSSR count). The molecule has 0 spiro atoms. The number of hydrogen-bond acceptors (Lipinski definition) is 3. The van der Waals surface area contributed by atoms with Gasteiger partial charge < -0.3 is 10.5 Å². The van der Waals surface area contributed by atoms with Crippen LogP contribution in [0.1, 0.15) is 13.0 Å². The summed E-state index contributed by atoms with van der Waals surface area (Å²) in [5, 5.41) is 4.50. The third-order valence-electron chi connectivity index (χ3n) is 1.57. The molecule has 0 aliphatic rings. The molecule has 0 amide bonds. The first-order valence-electron chi connectivity index (χ1n) is 3.64. The third-order valence-corrected chi connectivity index (χ3v) is 1.86. The predicted molar refractivity (Wildman–Crippen MR) is 48.2 cm³/mol. The van der Waals surface area contributed by atoms with Gasteiger partial charge in [-0.15, -0.1) is 0 Å². The van der Waals surface area contributed by atoms with Gasteiger partial charge in [0.1, 0.15) is 5.02 Å². The summed E-state index contributed by atoms with van der Waals surface area (Å²) in [6.07, 6.45) is 1.70. The summed E-state index contributed by atoms with van der Waals surface area (Å²) in [6, 6.07) is 0.157. The Morgan fingerprint density at radius 2 is 2.50 bits per heavy atom. The molecule has 0 saturated carbocycles. The van der Waals surface area contributed by atoms with Gasteiger partial charge in [0, 0.05) is 13.3 Å². The standard InChI is InChI=1S/C7H12ClN3O/c1-5(4-12-2)11-3-6(8)7(9)10-11/h3,5H,4H2,1-2H3,(H2,9,10). The maximum Gasteiger partial charge on any atom is 0.164 e. The van der Waals surface area contributed by atoms with Crippen molar-refractivity contribution in [1.29, 1.82) is 0 Å². The van der Waals surface area contributed by atoms with Gasteiger partial charge in [0.2, 0.25) is 0 Å². The number of anilines is 1. The molecule has 0 aromatic carbocycles. The van der Waals surface area contributed by atoms with Gasteiger partial charge in [-0.1, -0.05) is 11.6 Å². The Morgan fingerprint density at radius 1 is 1.83 bits per heavy atom. The Kier molecular flexibility index (Phi) is 2.94. The molecular weight excluding hydrogens is 178 g/mol. The normalized spacial score (nSPS) is 13.2. The first-order valence-corrected chi connectivity index (χ1v) is 4.02. The van der Waals surface area contributed by atoms with Crippen LogP contribution in [0.15, 0.2) is 6.20 Å². The Bertz CT molecular complexity index is 242. The van der Waals surface area contributed by atoms with Gasteiger partial charge in [0.15, 0.2) is 5.82 Å². The topological polar surface area (TPSA) is 53.1 Å². The number of nitrogens with zero attached hydrogens (tertiary/aromatic N) is 2. The van der Waals surface area contributed by atoms with Crippen molar-refractivity contribution in [3.8, 4) is 0 Å². The lowest BCUT2D eigenvalue weighted by Crippen LogP contribution is -2.11. The number of hydrogen-bond donors (Lipinski definition) is 1. The zero-order valence-electron chi connectivity index (χ0n) is 7.12. The van der Waals surface area contributed by atoms with E-state index in [0.717, 1.165) is 0 Å². The number of ether oxygens (including phenoxy) is 1. The van der Waals surface area contributed by atoms with Crippen molar-refractivity contribution >= 4 is 17.4 Å². The Hall–Kier alpha value is -0.740. The molecule has 5 heteroatoms. The second-order valence-electron chi connectivity index (χ2n) is 2.65. The molecule has 68 valence electrons. The fraction of sp³-hybridized carbons (Fsp3) is 0.571. The minimum atomic E-state index is 0.157. The number of halogens is 1. The fourth-order valence-electron chi connectivity index (χ4n) is 0.927. The van der Waals surface area contributed by atoms with Crippen LogP contribution in [0.2, 0.25) is 5.02 Å². The summed E-state index contributed by atoms with van der Waals surface area (Å²) >= 11 is 5.72. The highest BCUT2D eigenvalue weighted by molar-refractivity contribution is 6.32. The van der Waals surface area contributed by atoms with Crippen LogP contribution in [-0.2, 0) is 4.74 Å².